The van der Waals surface area contributed by atoms with E-state index in [2.05, 4.69) is 17.2 Å². The normalized spacial score (nSPS) is 9.44. The highest BCUT2D eigenvalue weighted by molar-refractivity contribution is 5.43. The molecule has 1 aromatic carbocycles. The van der Waals surface area contributed by atoms with E-state index in [-0.39, 0.29) is 5.56 Å². The zero-order valence-electron chi connectivity index (χ0n) is 8.38. The van der Waals surface area contributed by atoms with Crippen LogP contribution in [0, 0.1) is 33.6 Å². The Morgan fingerprint density at radius 3 is 2.69 bits per heavy atom. The van der Waals surface area contributed by atoms with E-state index in [1.54, 1.807) is 7.05 Å². The Hall–Kier alpha value is -2.00. The van der Waals surface area contributed by atoms with Crippen molar-refractivity contribution in [2.24, 2.45) is 0 Å². The zero-order chi connectivity index (χ0) is 12.1. The lowest BCUT2D eigenvalue weighted by Crippen LogP contribution is -2.04. The van der Waals surface area contributed by atoms with Crippen molar-refractivity contribution in [3.05, 3.63) is 39.4 Å². The standard InChI is InChI=1S/C10H8F2N2O2/c1-13-4-2-3-7-5-9(12)10(14(15)16)6-8(7)11/h5-6,13H,4H2,1H3. The summed E-state index contributed by atoms with van der Waals surface area (Å²) in [6, 6.07) is 1.24. The van der Waals surface area contributed by atoms with Crippen LogP contribution in [0.5, 0.6) is 0 Å². The maximum Gasteiger partial charge on any atom is 0.307 e. The number of nitro benzene ring substituents is 1. The molecule has 1 rings (SSSR count). The molecule has 84 valence electrons. The summed E-state index contributed by atoms with van der Waals surface area (Å²) < 4.78 is 26.3. The molecule has 0 saturated carbocycles. The minimum absolute atomic E-state index is 0.196. The van der Waals surface area contributed by atoms with Crippen molar-refractivity contribution >= 4 is 5.69 Å². The first-order valence-corrected chi connectivity index (χ1v) is 4.33. The maximum atomic E-state index is 13.2. The summed E-state index contributed by atoms with van der Waals surface area (Å²) in [5, 5.41) is 13.0. The van der Waals surface area contributed by atoms with E-state index in [9.17, 15) is 18.9 Å². The predicted molar refractivity (Wildman–Crippen MR) is 53.8 cm³/mol. The molecule has 6 heteroatoms. The molecule has 0 aliphatic rings. The number of nitrogens with one attached hydrogen (secondary N) is 1. The number of halogens is 2. The third-order valence-corrected chi connectivity index (χ3v) is 1.72. The van der Waals surface area contributed by atoms with E-state index in [0.29, 0.717) is 12.6 Å². The lowest BCUT2D eigenvalue weighted by Gasteiger charge is -1.97. The highest BCUT2D eigenvalue weighted by Crippen LogP contribution is 2.20. The van der Waals surface area contributed by atoms with Gasteiger partial charge in [-0.1, -0.05) is 11.8 Å². The first kappa shape index (κ1) is 12.1. The van der Waals surface area contributed by atoms with Crippen LogP contribution in [0.4, 0.5) is 14.5 Å². The van der Waals surface area contributed by atoms with Gasteiger partial charge in [-0.25, -0.2) is 4.39 Å². The van der Waals surface area contributed by atoms with Gasteiger partial charge in [0.15, 0.2) is 0 Å². The Balaban J connectivity index is 3.12. The van der Waals surface area contributed by atoms with E-state index in [4.69, 9.17) is 0 Å². The van der Waals surface area contributed by atoms with Gasteiger partial charge in [-0.3, -0.25) is 10.1 Å². The van der Waals surface area contributed by atoms with Gasteiger partial charge in [0.1, 0.15) is 5.82 Å². The molecule has 0 unspecified atom stereocenters. The molecule has 0 saturated heterocycles. The molecule has 0 aliphatic heterocycles. The number of hydrogen-bond acceptors (Lipinski definition) is 3. The fraction of sp³-hybridized carbons (Fsp3) is 0.200. The Morgan fingerprint density at radius 2 is 2.12 bits per heavy atom. The van der Waals surface area contributed by atoms with Crippen molar-refractivity contribution in [3.63, 3.8) is 0 Å². The monoisotopic (exact) mass is 226 g/mol. The molecule has 0 aliphatic carbocycles. The Kier molecular flexibility index (Phi) is 3.91. The fourth-order valence-corrected chi connectivity index (χ4v) is 1.000. The van der Waals surface area contributed by atoms with Crippen molar-refractivity contribution in [1.82, 2.24) is 5.32 Å². The number of hydrogen-bond donors (Lipinski definition) is 1. The predicted octanol–water partition coefficient (Wildman–Crippen LogP) is 1.44. The van der Waals surface area contributed by atoms with Crippen LogP contribution in [0.25, 0.3) is 0 Å². The minimum Gasteiger partial charge on any atom is -0.309 e. The summed E-state index contributed by atoms with van der Waals surface area (Å²) in [6.07, 6.45) is 0. The van der Waals surface area contributed by atoms with Gasteiger partial charge in [-0.15, -0.1) is 0 Å². The van der Waals surface area contributed by atoms with E-state index < -0.39 is 22.2 Å². The maximum absolute atomic E-state index is 13.2. The molecule has 0 heterocycles. The van der Waals surface area contributed by atoms with Crippen LogP contribution in [0.1, 0.15) is 5.56 Å². The van der Waals surface area contributed by atoms with Gasteiger partial charge >= 0.3 is 5.69 Å². The van der Waals surface area contributed by atoms with Crippen molar-refractivity contribution in [2.75, 3.05) is 13.6 Å². The molecule has 4 nitrogen and oxygen atoms in total. The summed E-state index contributed by atoms with van der Waals surface area (Å²) in [4.78, 5) is 9.32. The molecule has 0 aromatic heterocycles. The second-order valence-corrected chi connectivity index (χ2v) is 2.87. The quantitative estimate of drug-likeness (QED) is 0.471. The van der Waals surface area contributed by atoms with Gasteiger partial charge in [0, 0.05) is 0 Å². The number of benzene rings is 1. The van der Waals surface area contributed by atoms with Crippen molar-refractivity contribution in [2.45, 2.75) is 0 Å². The summed E-state index contributed by atoms with van der Waals surface area (Å²) in [5.41, 5.74) is -1.09. The van der Waals surface area contributed by atoms with Crippen molar-refractivity contribution in [1.29, 1.82) is 0 Å². The number of rotatable bonds is 2. The molecular formula is C10H8F2N2O2. The molecule has 0 fully saturated rings. The topological polar surface area (TPSA) is 55.2 Å². The molecular weight excluding hydrogens is 218 g/mol. The summed E-state index contributed by atoms with van der Waals surface area (Å²) in [5.74, 6) is 2.90. The van der Waals surface area contributed by atoms with Crippen LogP contribution >= 0.6 is 0 Å². The number of nitro groups is 1. The van der Waals surface area contributed by atoms with Crippen LogP contribution in [-0.2, 0) is 0 Å². The van der Waals surface area contributed by atoms with Gasteiger partial charge in [-0.05, 0) is 13.1 Å². The Labute approximate surface area is 90.4 Å². The van der Waals surface area contributed by atoms with Crippen molar-refractivity contribution < 1.29 is 13.7 Å². The smallest absolute Gasteiger partial charge is 0.307 e. The van der Waals surface area contributed by atoms with Gasteiger partial charge in [0.05, 0.1) is 23.1 Å². The lowest BCUT2D eigenvalue weighted by molar-refractivity contribution is -0.387. The lowest BCUT2D eigenvalue weighted by atomic mass is 10.2. The molecule has 1 N–H and O–H groups in total. The zero-order valence-corrected chi connectivity index (χ0v) is 8.38. The summed E-state index contributed by atoms with van der Waals surface area (Å²) in [6.45, 7) is 0.318. The van der Waals surface area contributed by atoms with Gasteiger partial charge in [0.2, 0.25) is 5.82 Å². The number of nitrogens with zero attached hydrogens (tertiary/aromatic N) is 1. The first-order valence-electron chi connectivity index (χ1n) is 4.33. The largest absolute Gasteiger partial charge is 0.309 e. The molecule has 0 radical (unpaired) electrons. The van der Waals surface area contributed by atoms with Gasteiger partial charge < -0.3 is 5.32 Å². The van der Waals surface area contributed by atoms with Crippen LogP contribution in [0.2, 0.25) is 0 Å². The van der Waals surface area contributed by atoms with Gasteiger partial charge in [0.25, 0.3) is 0 Å². The highest BCUT2D eigenvalue weighted by atomic mass is 19.1. The average Bonchev–Trinajstić information content (AvgIpc) is 2.22. The Morgan fingerprint density at radius 1 is 1.44 bits per heavy atom. The third-order valence-electron chi connectivity index (χ3n) is 1.72. The SMILES string of the molecule is CNCC#Cc1cc(F)c([N+](=O)[O-])cc1F. The molecule has 0 spiro atoms. The van der Waals surface area contributed by atoms with Crippen LogP contribution in [0.15, 0.2) is 12.1 Å². The first-order chi connectivity index (χ1) is 7.56. The minimum atomic E-state index is -1.10. The molecule has 0 bridgehead atoms. The fourth-order valence-electron chi connectivity index (χ4n) is 1.000. The van der Waals surface area contributed by atoms with E-state index in [1.807, 2.05) is 0 Å². The summed E-state index contributed by atoms with van der Waals surface area (Å²) in [7, 11) is 1.65. The molecule has 1 aromatic rings. The molecule has 0 atom stereocenters. The van der Waals surface area contributed by atoms with Crippen LogP contribution in [-0.4, -0.2) is 18.5 Å². The van der Waals surface area contributed by atoms with E-state index >= 15 is 0 Å². The van der Waals surface area contributed by atoms with E-state index in [1.165, 1.54) is 0 Å². The average molecular weight is 226 g/mol. The Bertz CT molecular complexity index is 478. The van der Waals surface area contributed by atoms with Crippen LogP contribution in [0.3, 0.4) is 0 Å². The highest BCUT2D eigenvalue weighted by Gasteiger charge is 2.17. The molecule has 0 amide bonds. The molecule has 16 heavy (non-hydrogen) atoms. The van der Waals surface area contributed by atoms with Crippen LogP contribution < -0.4 is 5.32 Å². The summed E-state index contributed by atoms with van der Waals surface area (Å²) >= 11 is 0. The third kappa shape index (κ3) is 2.74. The van der Waals surface area contributed by atoms with Gasteiger partial charge in [-0.2, -0.15) is 4.39 Å². The second kappa shape index (κ2) is 5.19. The van der Waals surface area contributed by atoms with Crippen molar-refractivity contribution in [3.8, 4) is 11.8 Å². The van der Waals surface area contributed by atoms with E-state index in [0.717, 1.165) is 6.07 Å². The second-order valence-electron chi connectivity index (χ2n) is 2.87.